The van der Waals surface area contributed by atoms with Gasteiger partial charge in [0.05, 0.1) is 6.61 Å². The van der Waals surface area contributed by atoms with Crippen molar-refractivity contribution in [1.29, 1.82) is 0 Å². The van der Waals surface area contributed by atoms with Crippen LogP contribution < -0.4 is 26.6 Å². The average molecular weight is 1070 g/mol. The number of carbonyl (C=O) groups excluding carboxylic acids is 4. The molecule has 0 aliphatic rings. The first-order valence-electron chi connectivity index (χ1n) is 23.9. The molecule has 14 N–H and O–H groups in total. The Balaban J connectivity index is 7.99. The molecule has 0 spiro atoms. The standard InChI is InChI=1S/C47H71N5O23/c1-3-28-75-29-30(48-2)43(74)52-47(16-4-31(53)49-44(19-7-34(56)57,20-8-35(58)59)21-9-36(60)61,17-5-32(54)50-45(22-10-37(62)63,23-11-38(64)65)24-12-39(66)67)18-6-33(55)51-46(25-13-40(68)69,26-14-41(70)71)27-15-42(72)73/h1,30,48H,4-29H2,2H3,(H,49,53)(H,50,54)(H,51,55)(H,52,74)(H,56,57)(H,58,59)(H,60,61)(H,62,63)(H,64,65)(H,66,67)(H,68,69)(H,70,71)(H,72,73)/t30-/m0/s1. The lowest BCUT2D eigenvalue weighted by molar-refractivity contribution is -0.141. The normalized spacial score (nSPS) is 12.0. The van der Waals surface area contributed by atoms with Crippen molar-refractivity contribution in [1.82, 2.24) is 26.6 Å². The first kappa shape index (κ1) is 67.6. The van der Waals surface area contributed by atoms with Crippen molar-refractivity contribution in [3.63, 3.8) is 0 Å². The minimum Gasteiger partial charge on any atom is -0.481 e. The van der Waals surface area contributed by atoms with E-state index in [9.17, 15) is 108 Å². The number of carboxylic acids is 9. The molecule has 28 nitrogen and oxygen atoms in total. The van der Waals surface area contributed by atoms with Crippen LogP contribution in [0.1, 0.15) is 154 Å². The Morgan fingerprint density at radius 1 is 0.373 bits per heavy atom. The van der Waals surface area contributed by atoms with Crippen molar-refractivity contribution in [3.05, 3.63) is 0 Å². The summed E-state index contributed by atoms with van der Waals surface area (Å²) >= 11 is 0. The number of hydrogen-bond donors (Lipinski definition) is 14. The third-order valence-electron chi connectivity index (χ3n) is 12.6. The van der Waals surface area contributed by atoms with E-state index in [1.165, 1.54) is 7.05 Å². The van der Waals surface area contributed by atoms with Gasteiger partial charge in [-0.1, -0.05) is 5.92 Å². The summed E-state index contributed by atoms with van der Waals surface area (Å²) in [7, 11) is 1.35. The number of nitrogens with one attached hydrogen (secondary N) is 5. The summed E-state index contributed by atoms with van der Waals surface area (Å²) in [5, 5.41) is 99.0. The quantitative estimate of drug-likeness (QED) is 0.0296. The molecule has 0 aromatic heterocycles. The van der Waals surface area contributed by atoms with Gasteiger partial charge in [0.15, 0.2) is 0 Å². The van der Waals surface area contributed by atoms with Gasteiger partial charge in [-0.2, -0.15) is 0 Å². The average Bonchev–Trinajstić information content (AvgIpc) is 3.31. The maximum absolute atomic E-state index is 14.2. The Kier molecular flexibility index (Phi) is 30.8. The smallest absolute Gasteiger partial charge is 0.303 e. The molecule has 0 rings (SSSR count). The van der Waals surface area contributed by atoms with Gasteiger partial charge in [0.1, 0.15) is 12.6 Å². The van der Waals surface area contributed by atoms with Crippen LogP contribution in [0, 0.1) is 12.3 Å². The van der Waals surface area contributed by atoms with Gasteiger partial charge in [-0.05, 0) is 84.1 Å². The van der Waals surface area contributed by atoms with Crippen molar-refractivity contribution in [2.75, 3.05) is 20.3 Å². The summed E-state index contributed by atoms with van der Waals surface area (Å²) < 4.78 is 5.36. The highest BCUT2D eigenvalue weighted by Crippen LogP contribution is 2.32. The number of aliphatic carboxylic acids is 9. The lowest BCUT2D eigenvalue weighted by Crippen LogP contribution is -2.57. The molecule has 0 fully saturated rings. The Hall–Kier alpha value is -7.41. The van der Waals surface area contributed by atoms with Crippen molar-refractivity contribution >= 4 is 77.4 Å². The number of carboxylic acid groups (broad SMARTS) is 9. The molecular formula is C47H71N5O23. The number of ether oxygens (including phenoxy) is 1. The molecule has 0 aromatic rings. The molecule has 0 aliphatic carbocycles. The molecule has 0 aliphatic heterocycles. The minimum absolute atomic E-state index is 0.273. The summed E-state index contributed by atoms with van der Waals surface area (Å²) in [6.45, 7) is -0.660. The van der Waals surface area contributed by atoms with Crippen LogP contribution in [0.5, 0.6) is 0 Å². The van der Waals surface area contributed by atoms with Gasteiger partial charge in [-0.3, -0.25) is 62.3 Å². The second-order valence-corrected chi connectivity index (χ2v) is 18.4. The van der Waals surface area contributed by atoms with E-state index < -0.39 is 260 Å². The molecule has 28 heteroatoms. The van der Waals surface area contributed by atoms with Gasteiger partial charge in [-0.15, -0.1) is 6.42 Å². The molecule has 0 unspecified atom stereocenters. The van der Waals surface area contributed by atoms with Crippen LogP contribution in [-0.2, 0) is 67.1 Å². The molecule has 0 heterocycles. The Morgan fingerprint density at radius 3 is 0.760 bits per heavy atom. The first-order chi connectivity index (χ1) is 35.0. The van der Waals surface area contributed by atoms with Crippen LogP contribution in [0.3, 0.4) is 0 Å². The van der Waals surface area contributed by atoms with Gasteiger partial charge in [-0.25, -0.2) is 0 Å². The number of carbonyl (C=O) groups is 13. The highest BCUT2D eigenvalue weighted by molar-refractivity contribution is 5.84. The summed E-state index contributed by atoms with van der Waals surface area (Å²) in [6, 6.07) is -1.25. The van der Waals surface area contributed by atoms with Crippen molar-refractivity contribution < 1.29 is 113 Å². The Bertz CT molecular complexity index is 1740. The first-order valence-corrected chi connectivity index (χ1v) is 23.9. The summed E-state index contributed by atoms with van der Waals surface area (Å²) in [4.78, 5) is 162. The number of terminal acetylenes is 1. The van der Waals surface area contributed by atoms with Crippen molar-refractivity contribution in [2.45, 2.75) is 182 Å². The molecule has 75 heavy (non-hydrogen) atoms. The topological polar surface area (TPSA) is 473 Å². The van der Waals surface area contributed by atoms with E-state index in [1.54, 1.807) is 0 Å². The summed E-state index contributed by atoms with van der Waals surface area (Å²) in [6.07, 6.45) is -8.36. The highest BCUT2D eigenvalue weighted by atomic mass is 16.5. The predicted molar refractivity (Wildman–Crippen MR) is 256 cm³/mol. The van der Waals surface area contributed by atoms with Gasteiger partial charge in [0.25, 0.3) is 0 Å². The number of amides is 4. The molecule has 0 saturated heterocycles. The number of rotatable bonds is 45. The largest absolute Gasteiger partial charge is 0.481 e. The molecule has 422 valence electrons. The van der Waals surface area contributed by atoms with Crippen LogP contribution >= 0.6 is 0 Å². The molecule has 0 radical (unpaired) electrons. The summed E-state index contributed by atoms with van der Waals surface area (Å²) in [5.41, 5.74) is -7.19. The van der Waals surface area contributed by atoms with E-state index in [1.807, 2.05) is 0 Å². The Labute approximate surface area is 431 Å². The Morgan fingerprint density at radius 2 is 0.573 bits per heavy atom. The second kappa shape index (κ2) is 34.1. The van der Waals surface area contributed by atoms with Crippen LogP contribution in [-0.4, -0.2) is 172 Å². The maximum atomic E-state index is 14.2. The third-order valence-corrected chi connectivity index (χ3v) is 12.6. The van der Waals surface area contributed by atoms with Crippen LogP contribution in [0.25, 0.3) is 0 Å². The fourth-order valence-electron chi connectivity index (χ4n) is 8.37. The fourth-order valence-corrected chi connectivity index (χ4v) is 8.37. The van der Waals surface area contributed by atoms with E-state index in [2.05, 4.69) is 32.5 Å². The van der Waals surface area contributed by atoms with Crippen molar-refractivity contribution in [2.24, 2.45) is 0 Å². The zero-order valence-electron chi connectivity index (χ0n) is 41.8. The predicted octanol–water partition coefficient (Wildman–Crippen LogP) is 0.768. The molecule has 1 atom stereocenters. The van der Waals surface area contributed by atoms with E-state index in [0.717, 1.165) is 0 Å². The van der Waals surface area contributed by atoms with Gasteiger partial charge in [0, 0.05) is 99.2 Å². The fraction of sp³-hybridized carbons (Fsp3) is 0.681. The molecule has 4 amide bonds. The van der Waals surface area contributed by atoms with Crippen LogP contribution in [0.2, 0.25) is 0 Å². The lowest BCUT2D eigenvalue weighted by atomic mass is 9.80. The van der Waals surface area contributed by atoms with Crippen LogP contribution in [0.15, 0.2) is 0 Å². The van der Waals surface area contributed by atoms with Crippen LogP contribution in [0.4, 0.5) is 0 Å². The molecular weight excluding hydrogens is 1000 g/mol. The summed E-state index contributed by atoms with van der Waals surface area (Å²) in [5.74, 6) is -14.0. The molecule has 0 bridgehead atoms. The number of hydrogen-bond acceptors (Lipinski definition) is 15. The monoisotopic (exact) mass is 1070 g/mol. The van der Waals surface area contributed by atoms with E-state index in [4.69, 9.17) is 11.2 Å². The van der Waals surface area contributed by atoms with E-state index in [0.29, 0.717) is 0 Å². The molecule has 0 saturated carbocycles. The second-order valence-electron chi connectivity index (χ2n) is 18.4. The van der Waals surface area contributed by atoms with E-state index in [-0.39, 0.29) is 13.2 Å². The lowest BCUT2D eigenvalue weighted by Gasteiger charge is -2.39. The van der Waals surface area contributed by atoms with Gasteiger partial charge < -0.3 is 77.3 Å². The zero-order chi connectivity index (χ0) is 57.4. The van der Waals surface area contributed by atoms with E-state index >= 15 is 0 Å². The number of likely N-dealkylation sites (N-methyl/N-ethyl adjacent to an activating group) is 1. The third kappa shape index (κ3) is 30.4. The zero-order valence-corrected chi connectivity index (χ0v) is 41.8. The SMILES string of the molecule is C#CCOC[C@H](NC)C(=O)NC(CCC(=O)NC(CCC(=O)O)(CCC(=O)O)CCC(=O)O)(CCC(=O)NC(CCC(=O)O)(CCC(=O)O)CCC(=O)O)CCC(=O)NC(CCC(=O)O)(CCC(=O)O)CCC(=O)O. The van der Waals surface area contributed by atoms with Gasteiger partial charge >= 0.3 is 53.7 Å². The van der Waals surface area contributed by atoms with Crippen molar-refractivity contribution in [3.8, 4) is 12.3 Å². The maximum Gasteiger partial charge on any atom is 0.303 e. The molecule has 0 aromatic carbocycles. The van der Waals surface area contributed by atoms with Gasteiger partial charge in [0.2, 0.25) is 23.6 Å². The highest BCUT2D eigenvalue weighted by Gasteiger charge is 2.41. The minimum atomic E-state index is -1.94.